The molecule has 0 radical (unpaired) electrons. The average molecular weight is 563 g/mol. The molecule has 212 valence electrons. The molecule has 3 aromatic rings. The number of aliphatic hydroxyl groups is 1. The monoisotopic (exact) mass is 562 g/mol. The van der Waals surface area contributed by atoms with Gasteiger partial charge in [-0.05, 0) is 30.6 Å². The molecule has 8 nitrogen and oxygen atoms in total. The number of nitrogens with zero attached hydrogens (tertiary/aromatic N) is 4. The van der Waals surface area contributed by atoms with Crippen molar-refractivity contribution in [1.29, 1.82) is 0 Å². The predicted molar refractivity (Wildman–Crippen MR) is 158 cm³/mol. The summed E-state index contributed by atoms with van der Waals surface area (Å²) < 4.78 is 2.04. The van der Waals surface area contributed by atoms with Crippen molar-refractivity contribution in [2.45, 2.75) is 56.7 Å². The van der Waals surface area contributed by atoms with Gasteiger partial charge in [0.05, 0.1) is 29.7 Å². The molecule has 2 fully saturated rings. The van der Waals surface area contributed by atoms with E-state index in [1.807, 2.05) is 65.2 Å². The fraction of sp³-hybridized carbons (Fsp3) is 0.452. The van der Waals surface area contributed by atoms with E-state index in [-0.39, 0.29) is 31.1 Å². The lowest BCUT2D eigenvalue weighted by Gasteiger charge is -2.41. The van der Waals surface area contributed by atoms with Gasteiger partial charge in [0.2, 0.25) is 0 Å². The number of carbonyl (C=O) groups is 2. The SMILES string of the molecule is CCSCC1(O)CCCCC1n1cnc(C(=O)N2CCN(C(=O)O)C[C@H]2Cc2ccccc2)c1-c1ccccc1. The molecule has 2 amide bonds. The number of carboxylic acid groups (broad SMARTS) is 1. The van der Waals surface area contributed by atoms with Gasteiger partial charge in [-0.25, -0.2) is 9.78 Å². The highest BCUT2D eigenvalue weighted by Gasteiger charge is 2.42. The molecule has 3 atom stereocenters. The van der Waals surface area contributed by atoms with Crippen LogP contribution in [0.3, 0.4) is 0 Å². The first kappa shape index (κ1) is 28.2. The third-order valence-corrected chi connectivity index (χ3v) is 9.33. The van der Waals surface area contributed by atoms with Crippen LogP contribution in [0.1, 0.15) is 54.7 Å². The zero-order valence-electron chi connectivity index (χ0n) is 23.0. The van der Waals surface area contributed by atoms with Crippen LogP contribution in [0.2, 0.25) is 0 Å². The third-order valence-electron chi connectivity index (χ3n) is 8.22. The van der Waals surface area contributed by atoms with Crippen LogP contribution in [0.5, 0.6) is 0 Å². The molecule has 0 spiro atoms. The Hall–Kier alpha value is -3.30. The molecule has 9 heteroatoms. The number of rotatable bonds is 8. The quantitative estimate of drug-likeness (QED) is 0.392. The number of hydrogen-bond donors (Lipinski definition) is 2. The summed E-state index contributed by atoms with van der Waals surface area (Å²) in [6.45, 7) is 2.90. The molecule has 2 heterocycles. The first-order chi connectivity index (χ1) is 19.4. The lowest BCUT2D eigenvalue weighted by molar-refractivity contribution is -0.0199. The molecular weight excluding hydrogens is 524 g/mol. The minimum Gasteiger partial charge on any atom is -0.465 e. The number of piperazine rings is 1. The zero-order chi connectivity index (χ0) is 28.1. The second-order valence-corrected chi connectivity index (χ2v) is 12.1. The van der Waals surface area contributed by atoms with Gasteiger partial charge in [0.15, 0.2) is 5.69 Å². The number of carbonyl (C=O) groups excluding carboxylic acids is 1. The van der Waals surface area contributed by atoms with Gasteiger partial charge in [-0.1, -0.05) is 80.4 Å². The summed E-state index contributed by atoms with van der Waals surface area (Å²) in [6.07, 6.45) is 4.83. The molecule has 1 aromatic heterocycles. The number of amides is 2. The fourth-order valence-corrected chi connectivity index (χ4v) is 7.07. The summed E-state index contributed by atoms with van der Waals surface area (Å²) in [4.78, 5) is 34.0. The highest BCUT2D eigenvalue weighted by Crippen LogP contribution is 2.42. The Morgan fingerprint density at radius 2 is 1.77 bits per heavy atom. The Labute approximate surface area is 240 Å². The Bertz CT molecular complexity index is 1300. The van der Waals surface area contributed by atoms with E-state index in [0.717, 1.165) is 48.3 Å². The smallest absolute Gasteiger partial charge is 0.407 e. The molecule has 5 rings (SSSR count). The molecule has 2 aromatic carbocycles. The maximum absolute atomic E-state index is 14.3. The van der Waals surface area contributed by atoms with Crippen molar-refractivity contribution in [3.05, 3.63) is 78.2 Å². The lowest BCUT2D eigenvalue weighted by Crippen LogP contribution is -2.57. The molecule has 2 aliphatic rings. The highest BCUT2D eigenvalue weighted by atomic mass is 32.2. The van der Waals surface area contributed by atoms with Gasteiger partial charge >= 0.3 is 6.09 Å². The summed E-state index contributed by atoms with van der Waals surface area (Å²) >= 11 is 1.74. The van der Waals surface area contributed by atoms with E-state index in [1.165, 1.54) is 4.90 Å². The van der Waals surface area contributed by atoms with Crippen LogP contribution in [-0.4, -0.2) is 84.3 Å². The topological polar surface area (TPSA) is 98.9 Å². The molecule has 1 aliphatic heterocycles. The second kappa shape index (κ2) is 12.5. The molecule has 2 N–H and O–H groups in total. The largest absolute Gasteiger partial charge is 0.465 e. The maximum Gasteiger partial charge on any atom is 0.407 e. The van der Waals surface area contributed by atoms with E-state index in [4.69, 9.17) is 4.98 Å². The van der Waals surface area contributed by atoms with Crippen molar-refractivity contribution in [3.63, 3.8) is 0 Å². The number of hydrogen-bond acceptors (Lipinski definition) is 5. The van der Waals surface area contributed by atoms with Gasteiger partial charge in [-0.3, -0.25) is 4.79 Å². The van der Waals surface area contributed by atoms with Gasteiger partial charge in [0.1, 0.15) is 0 Å². The fourth-order valence-electron chi connectivity index (χ4n) is 6.18. The Kier molecular flexibility index (Phi) is 8.81. The van der Waals surface area contributed by atoms with Gasteiger partial charge in [0.25, 0.3) is 5.91 Å². The Morgan fingerprint density at radius 3 is 2.48 bits per heavy atom. The molecule has 1 aliphatic carbocycles. The van der Waals surface area contributed by atoms with Crippen LogP contribution in [0.15, 0.2) is 67.0 Å². The normalized spacial score (nSPS) is 23.2. The zero-order valence-corrected chi connectivity index (χ0v) is 23.8. The summed E-state index contributed by atoms with van der Waals surface area (Å²) in [5.74, 6) is 1.37. The second-order valence-electron chi connectivity index (χ2n) is 10.8. The van der Waals surface area contributed by atoms with Crippen molar-refractivity contribution in [2.75, 3.05) is 31.1 Å². The summed E-state index contributed by atoms with van der Waals surface area (Å²) in [5, 5.41) is 21.5. The van der Waals surface area contributed by atoms with Crippen molar-refractivity contribution in [1.82, 2.24) is 19.4 Å². The summed E-state index contributed by atoms with van der Waals surface area (Å²) in [6, 6.07) is 19.2. The number of benzene rings is 2. The van der Waals surface area contributed by atoms with E-state index in [0.29, 0.717) is 24.4 Å². The van der Waals surface area contributed by atoms with Crippen LogP contribution in [0.4, 0.5) is 4.79 Å². The van der Waals surface area contributed by atoms with E-state index >= 15 is 0 Å². The number of aromatic nitrogens is 2. The molecule has 1 saturated heterocycles. The predicted octanol–water partition coefficient (Wildman–Crippen LogP) is 5.20. The van der Waals surface area contributed by atoms with Gasteiger partial charge in [-0.15, -0.1) is 0 Å². The van der Waals surface area contributed by atoms with E-state index in [1.54, 1.807) is 23.0 Å². The van der Waals surface area contributed by atoms with Crippen LogP contribution >= 0.6 is 11.8 Å². The van der Waals surface area contributed by atoms with Crippen LogP contribution in [0, 0.1) is 0 Å². The molecule has 1 saturated carbocycles. The van der Waals surface area contributed by atoms with Crippen LogP contribution < -0.4 is 0 Å². The molecule has 2 unspecified atom stereocenters. The Balaban J connectivity index is 1.53. The average Bonchev–Trinajstić information content (AvgIpc) is 3.42. The first-order valence-electron chi connectivity index (χ1n) is 14.2. The minimum absolute atomic E-state index is 0.187. The molecule has 40 heavy (non-hydrogen) atoms. The van der Waals surface area contributed by atoms with Crippen LogP contribution in [0.25, 0.3) is 11.3 Å². The standard InChI is InChI=1S/C31H38N4O4S/c1-2-40-21-31(39)16-10-9-15-26(31)35-22-32-27(28(35)24-13-7-4-8-14-24)29(36)34-18-17-33(30(37)38)20-25(34)19-23-11-5-3-6-12-23/h3-8,11-14,22,25-26,39H,2,9-10,15-21H2,1H3,(H,37,38)/t25-,26?,31?/m1/s1. The lowest BCUT2D eigenvalue weighted by atomic mass is 9.81. The van der Waals surface area contributed by atoms with E-state index < -0.39 is 11.7 Å². The Morgan fingerprint density at radius 1 is 1.05 bits per heavy atom. The number of thioether (sulfide) groups is 1. The van der Waals surface area contributed by atoms with Gasteiger partial charge in [-0.2, -0.15) is 11.8 Å². The number of imidazole rings is 1. The summed E-state index contributed by atoms with van der Waals surface area (Å²) in [7, 11) is 0. The van der Waals surface area contributed by atoms with E-state index in [2.05, 4.69) is 6.92 Å². The third kappa shape index (κ3) is 5.90. The van der Waals surface area contributed by atoms with Crippen molar-refractivity contribution >= 4 is 23.8 Å². The van der Waals surface area contributed by atoms with Crippen LogP contribution in [-0.2, 0) is 6.42 Å². The highest BCUT2D eigenvalue weighted by molar-refractivity contribution is 7.99. The van der Waals surface area contributed by atoms with E-state index in [9.17, 15) is 19.8 Å². The van der Waals surface area contributed by atoms with Crippen molar-refractivity contribution in [2.24, 2.45) is 0 Å². The minimum atomic E-state index is -0.971. The van der Waals surface area contributed by atoms with Crippen molar-refractivity contribution < 1.29 is 19.8 Å². The van der Waals surface area contributed by atoms with Crippen molar-refractivity contribution in [3.8, 4) is 11.3 Å². The molecule has 0 bridgehead atoms. The van der Waals surface area contributed by atoms with Gasteiger partial charge < -0.3 is 24.6 Å². The summed E-state index contributed by atoms with van der Waals surface area (Å²) in [5.41, 5.74) is 2.11. The first-order valence-corrected chi connectivity index (χ1v) is 15.3. The van der Waals surface area contributed by atoms with Gasteiger partial charge in [0, 0.05) is 31.0 Å². The maximum atomic E-state index is 14.3. The molecular formula is C31H38N4O4S.